The fourth-order valence-electron chi connectivity index (χ4n) is 1.43. The van der Waals surface area contributed by atoms with Crippen LogP contribution < -0.4 is 0 Å². The Morgan fingerprint density at radius 3 is 2.38 bits per heavy atom. The van der Waals surface area contributed by atoms with Crippen molar-refractivity contribution in [2.45, 2.75) is 0 Å². The van der Waals surface area contributed by atoms with Crippen molar-refractivity contribution in [3.05, 3.63) is 65.1 Å². The van der Waals surface area contributed by atoms with E-state index in [2.05, 4.69) is 0 Å². The Morgan fingerprint density at radius 2 is 1.69 bits per heavy atom. The SMILES string of the molecule is O=C1C=CC(O)=C(O)C1=Cc1ccccc1. The molecule has 0 saturated heterocycles. The smallest absolute Gasteiger partial charge is 0.189 e. The zero-order chi connectivity index (χ0) is 11.5. The van der Waals surface area contributed by atoms with Crippen LogP contribution in [0.5, 0.6) is 0 Å². The zero-order valence-electron chi connectivity index (χ0n) is 8.42. The molecule has 1 aliphatic rings. The summed E-state index contributed by atoms with van der Waals surface area (Å²) in [5.41, 5.74) is 0.895. The van der Waals surface area contributed by atoms with E-state index in [1.165, 1.54) is 18.2 Å². The van der Waals surface area contributed by atoms with Gasteiger partial charge in [-0.1, -0.05) is 30.3 Å². The minimum Gasteiger partial charge on any atom is -0.504 e. The lowest BCUT2D eigenvalue weighted by Gasteiger charge is -2.08. The van der Waals surface area contributed by atoms with Crippen LogP contribution in [0.3, 0.4) is 0 Å². The van der Waals surface area contributed by atoms with Crippen LogP contribution in [0.15, 0.2) is 59.6 Å². The largest absolute Gasteiger partial charge is 0.504 e. The van der Waals surface area contributed by atoms with Crippen molar-refractivity contribution < 1.29 is 15.0 Å². The summed E-state index contributed by atoms with van der Waals surface area (Å²) in [6.45, 7) is 0. The van der Waals surface area contributed by atoms with Gasteiger partial charge in [0.25, 0.3) is 0 Å². The van der Waals surface area contributed by atoms with Gasteiger partial charge in [0.1, 0.15) is 0 Å². The van der Waals surface area contributed by atoms with Gasteiger partial charge in [0.05, 0.1) is 5.57 Å². The summed E-state index contributed by atoms with van der Waals surface area (Å²) in [5, 5.41) is 18.9. The minimum atomic E-state index is -0.378. The van der Waals surface area contributed by atoms with Crippen LogP contribution >= 0.6 is 0 Å². The molecule has 0 aromatic heterocycles. The van der Waals surface area contributed by atoms with Crippen molar-refractivity contribution in [3.63, 3.8) is 0 Å². The molecule has 1 aromatic rings. The Bertz CT molecular complexity index is 507. The minimum absolute atomic E-state index is 0.103. The highest BCUT2D eigenvalue weighted by Gasteiger charge is 2.18. The predicted molar refractivity (Wildman–Crippen MR) is 60.8 cm³/mol. The van der Waals surface area contributed by atoms with Gasteiger partial charge in [-0.05, 0) is 23.8 Å². The molecule has 0 fully saturated rings. The van der Waals surface area contributed by atoms with Crippen molar-refractivity contribution in [1.29, 1.82) is 0 Å². The summed E-state index contributed by atoms with van der Waals surface area (Å²) < 4.78 is 0. The van der Waals surface area contributed by atoms with E-state index in [1.54, 1.807) is 0 Å². The summed E-state index contributed by atoms with van der Waals surface area (Å²) in [5.74, 6) is -0.989. The van der Waals surface area contributed by atoms with Gasteiger partial charge in [-0.2, -0.15) is 0 Å². The van der Waals surface area contributed by atoms with Crippen molar-refractivity contribution >= 4 is 11.9 Å². The Morgan fingerprint density at radius 1 is 1.00 bits per heavy atom. The maximum atomic E-state index is 11.5. The molecule has 0 amide bonds. The Kier molecular flexibility index (Phi) is 2.60. The molecule has 1 aliphatic carbocycles. The molecule has 80 valence electrons. The lowest BCUT2D eigenvalue weighted by Crippen LogP contribution is -2.08. The van der Waals surface area contributed by atoms with Crippen LogP contribution in [0.25, 0.3) is 6.08 Å². The number of ketones is 1. The first-order valence-electron chi connectivity index (χ1n) is 4.80. The number of aliphatic hydroxyl groups is 2. The first kappa shape index (κ1) is 10.2. The van der Waals surface area contributed by atoms with Gasteiger partial charge in [0.2, 0.25) is 0 Å². The molecule has 0 aliphatic heterocycles. The van der Waals surface area contributed by atoms with E-state index in [9.17, 15) is 15.0 Å². The van der Waals surface area contributed by atoms with Crippen molar-refractivity contribution in [2.24, 2.45) is 0 Å². The number of benzene rings is 1. The molecule has 2 N–H and O–H groups in total. The van der Waals surface area contributed by atoms with E-state index in [0.717, 1.165) is 5.56 Å². The van der Waals surface area contributed by atoms with Gasteiger partial charge < -0.3 is 10.2 Å². The Labute approximate surface area is 92.7 Å². The summed E-state index contributed by atoms with van der Waals surface area (Å²) in [6, 6.07) is 9.13. The first-order valence-corrected chi connectivity index (χ1v) is 4.80. The molecule has 3 heteroatoms. The van der Waals surface area contributed by atoms with E-state index >= 15 is 0 Å². The number of allylic oxidation sites excluding steroid dienone is 3. The summed E-state index contributed by atoms with van der Waals surface area (Å²) >= 11 is 0. The Hall–Kier alpha value is -2.29. The maximum Gasteiger partial charge on any atom is 0.189 e. The van der Waals surface area contributed by atoms with E-state index in [4.69, 9.17) is 0 Å². The molecule has 0 unspecified atom stereocenters. The van der Waals surface area contributed by atoms with Gasteiger partial charge in [-0.15, -0.1) is 0 Å². The van der Waals surface area contributed by atoms with Gasteiger partial charge in [-0.25, -0.2) is 0 Å². The van der Waals surface area contributed by atoms with Crippen molar-refractivity contribution in [2.75, 3.05) is 0 Å². The third-order valence-electron chi connectivity index (χ3n) is 2.27. The number of carbonyl (C=O) groups is 1. The second-order valence-corrected chi connectivity index (χ2v) is 3.40. The van der Waals surface area contributed by atoms with E-state index in [1.807, 2.05) is 30.3 Å². The molecule has 0 radical (unpaired) electrons. The highest BCUT2D eigenvalue weighted by molar-refractivity contribution is 6.11. The molecular formula is C13H10O3. The highest BCUT2D eigenvalue weighted by Crippen LogP contribution is 2.21. The molecule has 0 heterocycles. The standard InChI is InChI=1S/C13H10O3/c14-11-6-7-12(15)13(16)10(11)8-9-4-2-1-3-5-9/h1-8,15-16H. The van der Waals surface area contributed by atoms with E-state index < -0.39 is 0 Å². The topological polar surface area (TPSA) is 57.5 Å². The molecule has 3 nitrogen and oxygen atoms in total. The fraction of sp³-hybridized carbons (Fsp3) is 0. The van der Waals surface area contributed by atoms with Gasteiger partial charge in [-0.3, -0.25) is 4.79 Å². The molecule has 16 heavy (non-hydrogen) atoms. The van der Waals surface area contributed by atoms with Gasteiger partial charge in [0, 0.05) is 0 Å². The number of hydrogen-bond donors (Lipinski definition) is 2. The van der Waals surface area contributed by atoms with Crippen LogP contribution in [-0.4, -0.2) is 16.0 Å². The lowest BCUT2D eigenvalue weighted by molar-refractivity contribution is -0.111. The number of hydrogen-bond acceptors (Lipinski definition) is 3. The van der Waals surface area contributed by atoms with Crippen LogP contribution in [-0.2, 0) is 4.79 Å². The second-order valence-electron chi connectivity index (χ2n) is 3.40. The quantitative estimate of drug-likeness (QED) is 0.706. The first-order chi connectivity index (χ1) is 7.68. The average Bonchev–Trinajstić information content (AvgIpc) is 2.31. The zero-order valence-corrected chi connectivity index (χ0v) is 8.42. The summed E-state index contributed by atoms with van der Waals surface area (Å²) in [4.78, 5) is 11.5. The van der Waals surface area contributed by atoms with E-state index in [0.29, 0.717) is 0 Å². The molecule has 0 atom stereocenters. The third kappa shape index (κ3) is 1.88. The van der Waals surface area contributed by atoms with Crippen molar-refractivity contribution in [1.82, 2.24) is 0 Å². The monoisotopic (exact) mass is 214 g/mol. The molecular weight excluding hydrogens is 204 g/mol. The molecule has 0 spiro atoms. The maximum absolute atomic E-state index is 11.5. The molecule has 1 aromatic carbocycles. The fourth-order valence-corrected chi connectivity index (χ4v) is 1.43. The van der Waals surface area contributed by atoms with Crippen LogP contribution in [0.1, 0.15) is 5.56 Å². The highest BCUT2D eigenvalue weighted by atomic mass is 16.3. The predicted octanol–water partition coefficient (Wildman–Crippen LogP) is 2.54. The summed E-state index contributed by atoms with van der Waals surface area (Å²) in [7, 11) is 0. The number of rotatable bonds is 1. The second kappa shape index (κ2) is 4.06. The summed E-state index contributed by atoms with van der Waals surface area (Å²) in [6.07, 6.45) is 3.95. The average molecular weight is 214 g/mol. The third-order valence-corrected chi connectivity index (χ3v) is 2.27. The van der Waals surface area contributed by atoms with Gasteiger partial charge in [0.15, 0.2) is 17.3 Å². The molecule has 2 rings (SSSR count). The molecule has 0 bridgehead atoms. The van der Waals surface area contributed by atoms with Crippen LogP contribution in [0.4, 0.5) is 0 Å². The van der Waals surface area contributed by atoms with Crippen LogP contribution in [0.2, 0.25) is 0 Å². The lowest BCUT2D eigenvalue weighted by atomic mass is 10.0. The normalized spacial score (nSPS) is 18.2. The Balaban J connectivity index is 2.45. The van der Waals surface area contributed by atoms with E-state index in [-0.39, 0.29) is 22.9 Å². The van der Waals surface area contributed by atoms with Crippen molar-refractivity contribution in [3.8, 4) is 0 Å². The van der Waals surface area contributed by atoms with Gasteiger partial charge >= 0.3 is 0 Å². The number of carbonyl (C=O) groups excluding carboxylic acids is 1. The molecule has 0 saturated carbocycles. The number of aliphatic hydroxyl groups excluding tert-OH is 2. The van der Waals surface area contributed by atoms with Crippen LogP contribution in [0, 0.1) is 0 Å².